The lowest BCUT2D eigenvalue weighted by Crippen LogP contribution is -2.31. The quantitative estimate of drug-likeness (QED) is 0.233. The number of rotatable bonds is 6. The molecule has 0 bridgehead atoms. The Kier molecular flexibility index (Phi) is 9.65. The van der Waals surface area contributed by atoms with Crippen molar-refractivity contribution in [2.75, 3.05) is 16.4 Å². The number of hydrogen-bond donors (Lipinski definition) is 3. The Morgan fingerprint density at radius 1 is 0.786 bits per heavy atom. The third kappa shape index (κ3) is 6.57. The summed E-state index contributed by atoms with van der Waals surface area (Å²) in [4.78, 5) is 46.8. The zero-order valence-corrected chi connectivity index (χ0v) is 21.8. The second-order valence-electron chi connectivity index (χ2n) is 5.59. The number of nitrogens with two attached hydrogens (primary N) is 1. The molecule has 0 aliphatic heterocycles. The molecule has 0 aliphatic rings. The fourth-order valence-corrected chi connectivity index (χ4v) is 5.66. The van der Waals surface area contributed by atoms with Gasteiger partial charge in [0.25, 0.3) is 11.8 Å². The highest BCUT2D eigenvalue weighted by Crippen LogP contribution is 2.40. The molecule has 0 radical (unpaired) electrons. The van der Waals surface area contributed by atoms with Crippen LogP contribution in [0.2, 0.25) is 0 Å². The molecule has 0 heterocycles. The van der Waals surface area contributed by atoms with Crippen LogP contribution in [-0.4, -0.2) is 36.0 Å². The van der Waals surface area contributed by atoms with Crippen molar-refractivity contribution in [1.29, 1.82) is 0 Å². The number of carbonyl (C=O) groups excluding carboxylic acids is 4. The minimum absolute atomic E-state index is 0.354. The fraction of sp³-hybridized carbons (Fsp3) is 0.375. The predicted molar refractivity (Wildman–Crippen MR) is 129 cm³/mol. The summed E-state index contributed by atoms with van der Waals surface area (Å²) in [6, 6.07) is 0. The van der Waals surface area contributed by atoms with Gasteiger partial charge in [-0.3, -0.25) is 19.2 Å². The van der Waals surface area contributed by atoms with Crippen LogP contribution in [0.4, 0.5) is 17.1 Å². The van der Waals surface area contributed by atoms with Crippen molar-refractivity contribution in [2.24, 2.45) is 0 Å². The van der Waals surface area contributed by atoms with Crippen LogP contribution in [0.3, 0.4) is 0 Å². The predicted octanol–water partition coefficient (Wildman–Crippen LogP) is 2.86. The van der Waals surface area contributed by atoms with Gasteiger partial charge in [0.2, 0.25) is 0 Å². The van der Waals surface area contributed by atoms with Crippen LogP contribution >= 0.6 is 67.8 Å². The molecule has 2 unspecified atom stereocenters. The van der Waals surface area contributed by atoms with Gasteiger partial charge in [-0.1, -0.05) is 0 Å². The lowest BCUT2D eigenvalue weighted by molar-refractivity contribution is -0.151. The molecule has 0 saturated carbocycles. The topological polar surface area (TPSA) is 137 Å². The first kappa shape index (κ1) is 25.1. The molecule has 1 rings (SSSR count). The van der Waals surface area contributed by atoms with E-state index in [-0.39, 0.29) is 0 Å². The molecule has 0 saturated heterocycles. The average Bonchev–Trinajstić information content (AvgIpc) is 2.59. The van der Waals surface area contributed by atoms with E-state index in [1.807, 2.05) is 67.8 Å². The molecular weight excluding hydrogens is 711 g/mol. The number of hydrogen-bond acceptors (Lipinski definition) is 7. The van der Waals surface area contributed by atoms with E-state index in [0.717, 1.165) is 0 Å². The standard InChI is InChI=1S/C16H18I3N3O6/c1-5(27-7(3)23)15(25)21-13-9(17)12(20)10(18)14(11(13)19)22-16(26)6(2)28-8(4)24/h5-6H,20H2,1-4H3,(H,21,25)(H,22,26). The minimum atomic E-state index is -1.01. The van der Waals surface area contributed by atoms with Gasteiger partial charge in [-0.05, 0) is 81.6 Å². The van der Waals surface area contributed by atoms with Crippen molar-refractivity contribution in [1.82, 2.24) is 0 Å². The number of carbonyl (C=O) groups is 4. The van der Waals surface area contributed by atoms with Gasteiger partial charge in [0.1, 0.15) is 0 Å². The number of nitrogens with one attached hydrogen (secondary N) is 2. The highest BCUT2D eigenvalue weighted by molar-refractivity contribution is 14.1. The lowest BCUT2D eigenvalue weighted by Gasteiger charge is -2.21. The van der Waals surface area contributed by atoms with Gasteiger partial charge in [0.15, 0.2) is 12.2 Å². The van der Waals surface area contributed by atoms with Crippen LogP contribution in [0.15, 0.2) is 0 Å². The second kappa shape index (κ2) is 10.7. The van der Waals surface area contributed by atoms with Gasteiger partial charge < -0.3 is 25.8 Å². The highest BCUT2D eigenvalue weighted by atomic mass is 127. The Balaban J connectivity index is 3.24. The number of ether oxygens (including phenoxy) is 2. The number of anilines is 3. The molecule has 0 spiro atoms. The summed E-state index contributed by atoms with van der Waals surface area (Å²) >= 11 is 5.92. The molecule has 1 aromatic carbocycles. The molecule has 0 aromatic heterocycles. The summed E-state index contributed by atoms with van der Waals surface area (Å²) < 4.78 is 11.4. The van der Waals surface area contributed by atoms with Gasteiger partial charge in [-0.15, -0.1) is 0 Å². The van der Waals surface area contributed by atoms with Gasteiger partial charge in [-0.25, -0.2) is 0 Å². The first-order chi connectivity index (χ1) is 12.9. The van der Waals surface area contributed by atoms with E-state index in [2.05, 4.69) is 10.6 Å². The maximum atomic E-state index is 12.3. The smallest absolute Gasteiger partial charge is 0.303 e. The van der Waals surface area contributed by atoms with E-state index in [9.17, 15) is 19.2 Å². The van der Waals surface area contributed by atoms with Crippen molar-refractivity contribution >= 4 is 109 Å². The zero-order chi connectivity index (χ0) is 21.8. The normalized spacial score (nSPS) is 12.5. The Morgan fingerprint density at radius 2 is 1.11 bits per heavy atom. The molecule has 4 N–H and O–H groups in total. The van der Waals surface area contributed by atoms with E-state index in [0.29, 0.717) is 27.8 Å². The van der Waals surface area contributed by atoms with Crippen LogP contribution in [-0.2, 0) is 28.7 Å². The van der Waals surface area contributed by atoms with Crippen molar-refractivity contribution < 1.29 is 28.7 Å². The van der Waals surface area contributed by atoms with E-state index < -0.39 is 36.0 Å². The monoisotopic (exact) mass is 729 g/mol. The molecule has 154 valence electrons. The minimum Gasteiger partial charge on any atom is -0.453 e. The summed E-state index contributed by atoms with van der Waals surface area (Å²) in [6.07, 6.45) is -2.02. The number of esters is 2. The van der Waals surface area contributed by atoms with Crippen molar-refractivity contribution in [3.8, 4) is 0 Å². The Bertz CT molecular complexity index is 767. The highest BCUT2D eigenvalue weighted by Gasteiger charge is 2.25. The molecule has 0 aliphatic carbocycles. The lowest BCUT2D eigenvalue weighted by atomic mass is 10.2. The maximum absolute atomic E-state index is 12.3. The van der Waals surface area contributed by atoms with E-state index in [4.69, 9.17) is 15.2 Å². The summed E-state index contributed by atoms with van der Waals surface area (Å²) in [5.74, 6) is -2.25. The fourth-order valence-electron chi connectivity index (χ4n) is 1.96. The first-order valence-corrected chi connectivity index (χ1v) is 11.0. The second-order valence-corrected chi connectivity index (χ2v) is 8.82. The Hall–Kier alpha value is -0.910. The summed E-state index contributed by atoms with van der Waals surface area (Å²) in [7, 11) is 0. The number of amides is 2. The number of halogens is 3. The van der Waals surface area contributed by atoms with Crippen LogP contribution in [0.1, 0.15) is 27.7 Å². The molecular formula is C16H18I3N3O6. The van der Waals surface area contributed by atoms with Crippen molar-refractivity contribution in [3.63, 3.8) is 0 Å². The molecule has 12 heteroatoms. The van der Waals surface area contributed by atoms with E-state index >= 15 is 0 Å². The Labute approximate surface area is 202 Å². The van der Waals surface area contributed by atoms with Crippen LogP contribution < -0.4 is 16.4 Å². The van der Waals surface area contributed by atoms with Gasteiger partial charge in [0.05, 0.1) is 27.8 Å². The zero-order valence-electron chi connectivity index (χ0n) is 15.3. The van der Waals surface area contributed by atoms with Crippen LogP contribution in [0.5, 0.6) is 0 Å². The molecule has 1 aromatic rings. The number of benzene rings is 1. The average molecular weight is 729 g/mol. The van der Waals surface area contributed by atoms with E-state index in [1.165, 1.54) is 27.7 Å². The molecule has 9 nitrogen and oxygen atoms in total. The first-order valence-electron chi connectivity index (χ1n) is 7.78. The van der Waals surface area contributed by atoms with Crippen LogP contribution in [0.25, 0.3) is 0 Å². The third-order valence-corrected chi connectivity index (χ3v) is 6.59. The maximum Gasteiger partial charge on any atom is 0.303 e. The molecule has 2 amide bonds. The van der Waals surface area contributed by atoms with Crippen LogP contribution in [0, 0.1) is 10.7 Å². The third-order valence-electron chi connectivity index (χ3n) is 3.27. The summed E-state index contributed by atoms with van der Waals surface area (Å²) in [6.45, 7) is 5.29. The molecule has 2 atom stereocenters. The largest absolute Gasteiger partial charge is 0.453 e. The SMILES string of the molecule is CC(=O)OC(C)C(=O)Nc1c(I)c(N)c(I)c(NC(=O)C(C)OC(C)=O)c1I. The van der Waals surface area contributed by atoms with E-state index in [1.54, 1.807) is 0 Å². The molecule has 28 heavy (non-hydrogen) atoms. The van der Waals surface area contributed by atoms with Crippen molar-refractivity contribution in [3.05, 3.63) is 10.7 Å². The Morgan fingerprint density at radius 3 is 1.39 bits per heavy atom. The number of nitrogen functional groups attached to an aromatic ring is 1. The van der Waals surface area contributed by atoms with Gasteiger partial charge in [-0.2, -0.15) is 0 Å². The molecule has 0 fully saturated rings. The van der Waals surface area contributed by atoms with Gasteiger partial charge in [0, 0.05) is 13.8 Å². The van der Waals surface area contributed by atoms with Crippen molar-refractivity contribution in [2.45, 2.75) is 39.9 Å². The summed E-state index contributed by atoms with van der Waals surface area (Å²) in [5.41, 5.74) is 7.23. The van der Waals surface area contributed by atoms with Gasteiger partial charge >= 0.3 is 11.9 Å². The summed E-state index contributed by atoms with van der Waals surface area (Å²) in [5, 5.41) is 5.35.